The lowest BCUT2D eigenvalue weighted by Gasteiger charge is -2.35. The van der Waals surface area contributed by atoms with Gasteiger partial charge in [0.1, 0.15) is 0 Å². The molecule has 0 aromatic carbocycles. The molecule has 1 fully saturated rings. The molecule has 0 aromatic heterocycles. The van der Waals surface area contributed by atoms with Crippen LogP contribution in [0.5, 0.6) is 0 Å². The lowest BCUT2D eigenvalue weighted by atomic mass is 10.1. The Morgan fingerprint density at radius 1 is 1.25 bits per heavy atom. The van der Waals surface area contributed by atoms with Crippen molar-refractivity contribution < 1.29 is 0 Å². The molecule has 16 heavy (non-hydrogen) atoms. The number of piperazine rings is 1. The monoisotopic (exact) mass is 244 g/mol. The van der Waals surface area contributed by atoms with Gasteiger partial charge in [0.05, 0.1) is 0 Å². The van der Waals surface area contributed by atoms with Crippen LogP contribution in [-0.4, -0.2) is 49.1 Å². The molecule has 0 spiro atoms. The van der Waals surface area contributed by atoms with Gasteiger partial charge in [-0.1, -0.05) is 19.8 Å². The average molecular weight is 244 g/mol. The van der Waals surface area contributed by atoms with E-state index >= 15 is 0 Å². The molecule has 3 heteroatoms. The van der Waals surface area contributed by atoms with Crippen molar-refractivity contribution in [3.8, 4) is 0 Å². The number of rotatable bonds is 8. The van der Waals surface area contributed by atoms with Crippen LogP contribution in [0, 0.1) is 0 Å². The van der Waals surface area contributed by atoms with Gasteiger partial charge in [-0.3, -0.25) is 4.90 Å². The highest BCUT2D eigenvalue weighted by Gasteiger charge is 2.19. The van der Waals surface area contributed by atoms with E-state index in [-0.39, 0.29) is 0 Å². The minimum atomic E-state index is 0.792. The molecule has 1 heterocycles. The average Bonchev–Trinajstić information content (AvgIpc) is 2.34. The van der Waals surface area contributed by atoms with Crippen molar-refractivity contribution in [2.45, 2.75) is 45.1 Å². The Bertz CT molecular complexity index is 164. The van der Waals surface area contributed by atoms with Gasteiger partial charge in [-0.15, -0.1) is 0 Å². The van der Waals surface area contributed by atoms with E-state index in [1.807, 2.05) is 11.8 Å². The van der Waals surface area contributed by atoms with Crippen LogP contribution in [0.25, 0.3) is 0 Å². The molecule has 0 bridgehead atoms. The second-order valence-electron chi connectivity index (χ2n) is 4.71. The van der Waals surface area contributed by atoms with Gasteiger partial charge in [0, 0.05) is 25.7 Å². The molecule has 96 valence electrons. The Balaban J connectivity index is 2.02. The van der Waals surface area contributed by atoms with Crippen LogP contribution < -0.4 is 5.32 Å². The van der Waals surface area contributed by atoms with Gasteiger partial charge < -0.3 is 5.32 Å². The molecule has 1 N–H and O–H groups in total. The minimum absolute atomic E-state index is 0.792. The zero-order valence-electron chi connectivity index (χ0n) is 11.0. The quantitative estimate of drug-likeness (QED) is 0.661. The fourth-order valence-corrected chi connectivity index (χ4v) is 2.91. The molecule has 0 amide bonds. The summed E-state index contributed by atoms with van der Waals surface area (Å²) in [6.45, 7) is 7.26. The Hall–Kier alpha value is 0.270. The van der Waals surface area contributed by atoms with E-state index in [1.54, 1.807) is 0 Å². The first kappa shape index (κ1) is 14.3. The van der Waals surface area contributed by atoms with Gasteiger partial charge in [0.25, 0.3) is 0 Å². The third-order valence-electron chi connectivity index (χ3n) is 3.49. The maximum atomic E-state index is 3.49. The molecular weight excluding hydrogens is 216 g/mol. The third-order valence-corrected chi connectivity index (χ3v) is 4.18. The number of nitrogens with one attached hydrogen (secondary N) is 1. The Labute approximate surface area is 106 Å². The molecule has 0 radical (unpaired) electrons. The van der Waals surface area contributed by atoms with Crippen molar-refractivity contribution in [1.29, 1.82) is 0 Å². The van der Waals surface area contributed by atoms with Crippen molar-refractivity contribution in [2.75, 3.05) is 38.2 Å². The van der Waals surface area contributed by atoms with Crippen LogP contribution in [0.15, 0.2) is 0 Å². The summed E-state index contributed by atoms with van der Waals surface area (Å²) in [5.74, 6) is 1.34. The first-order valence-corrected chi connectivity index (χ1v) is 8.21. The maximum absolute atomic E-state index is 3.49. The van der Waals surface area contributed by atoms with Crippen LogP contribution in [-0.2, 0) is 0 Å². The van der Waals surface area contributed by atoms with Crippen LogP contribution in [0.1, 0.15) is 39.0 Å². The van der Waals surface area contributed by atoms with Crippen molar-refractivity contribution in [1.82, 2.24) is 10.2 Å². The highest BCUT2D eigenvalue weighted by molar-refractivity contribution is 7.98. The van der Waals surface area contributed by atoms with E-state index in [0.717, 1.165) is 6.04 Å². The Morgan fingerprint density at radius 3 is 2.81 bits per heavy atom. The largest absolute Gasteiger partial charge is 0.314 e. The lowest BCUT2D eigenvalue weighted by molar-refractivity contribution is 0.154. The standard InChI is InChI=1S/C13H28N2S/c1-3-13-12-14-8-10-15(13)9-6-4-5-7-11-16-2/h13-14H,3-12H2,1-2H3. The van der Waals surface area contributed by atoms with E-state index in [4.69, 9.17) is 0 Å². The molecule has 0 aliphatic carbocycles. The van der Waals surface area contributed by atoms with Crippen LogP contribution in [0.4, 0.5) is 0 Å². The summed E-state index contributed by atoms with van der Waals surface area (Å²) in [5, 5.41) is 3.49. The molecule has 1 aliphatic rings. The molecular formula is C13H28N2S. The van der Waals surface area contributed by atoms with E-state index in [0.29, 0.717) is 0 Å². The molecule has 1 unspecified atom stereocenters. The number of hydrogen-bond donors (Lipinski definition) is 1. The summed E-state index contributed by atoms with van der Waals surface area (Å²) in [5.41, 5.74) is 0. The molecule has 1 saturated heterocycles. The van der Waals surface area contributed by atoms with E-state index in [9.17, 15) is 0 Å². The summed E-state index contributed by atoms with van der Waals surface area (Å²) < 4.78 is 0. The van der Waals surface area contributed by atoms with Gasteiger partial charge in [0.15, 0.2) is 0 Å². The zero-order valence-corrected chi connectivity index (χ0v) is 11.8. The maximum Gasteiger partial charge on any atom is 0.0218 e. The predicted molar refractivity (Wildman–Crippen MR) is 75.4 cm³/mol. The van der Waals surface area contributed by atoms with Crippen LogP contribution in [0.3, 0.4) is 0 Å². The van der Waals surface area contributed by atoms with Crippen molar-refractivity contribution in [3.63, 3.8) is 0 Å². The lowest BCUT2D eigenvalue weighted by Crippen LogP contribution is -2.51. The zero-order chi connectivity index (χ0) is 11.6. The normalized spacial score (nSPS) is 22.5. The van der Waals surface area contributed by atoms with Gasteiger partial charge in [-0.25, -0.2) is 0 Å². The highest BCUT2D eigenvalue weighted by atomic mass is 32.2. The summed E-state index contributed by atoms with van der Waals surface area (Å²) >= 11 is 1.97. The molecule has 1 atom stereocenters. The van der Waals surface area contributed by atoms with Crippen LogP contribution in [0.2, 0.25) is 0 Å². The number of nitrogens with zero attached hydrogens (tertiary/aromatic N) is 1. The molecule has 0 saturated carbocycles. The van der Waals surface area contributed by atoms with Crippen LogP contribution >= 0.6 is 11.8 Å². The van der Waals surface area contributed by atoms with E-state index < -0.39 is 0 Å². The first-order chi connectivity index (χ1) is 7.88. The van der Waals surface area contributed by atoms with Crippen molar-refractivity contribution >= 4 is 11.8 Å². The summed E-state index contributed by atoms with van der Waals surface area (Å²) in [6, 6.07) is 0.792. The Kier molecular flexibility index (Phi) is 8.34. The molecule has 1 rings (SSSR count). The number of hydrogen-bond acceptors (Lipinski definition) is 3. The smallest absolute Gasteiger partial charge is 0.0218 e. The highest BCUT2D eigenvalue weighted by Crippen LogP contribution is 2.10. The second-order valence-corrected chi connectivity index (χ2v) is 5.69. The summed E-state index contributed by atoms with van der Waals surface area (Å²) in [7, 11) is 0. The van der Waals surface area contributed by atoms with Gasteiger partial charge in [-0.2, -0.15) is 11.8 Å². The fraction of sp³-hybridized carbons (Fsp3) is 1.00. The molecule has 0 aromatic rings. The van der Waals surface area contributed by atoms with Gasteiger partial charge >= 0.3 is 0 Å². The number of unbranched alkanes of at least 4 members (excludes halogenated alkanes) is 3. The predicted octanol–water partition coefficient (Wildman–Crippen LogP) is 2.59. The van der Waals surface area contributed by atoms with Crippen molar-refractivity contribution in [2.24, 2.45) is 0 Å². The summed E-state index contributed by atoms with van der Waals surface area (Å²) in [4.78, 5) is 2.69. The third kappa shape index (κ3) is 5.55. The minimum Gasteiger partial charge on any atom is -0.314 e. The molecule has 2 nitrogen and oxygen atoms in total. The van der Waals surface area contributed by atoms with Gasteiger partial charge in [0.2, 0.25) is 0 Å². The van der Waals surface area contributed by atoms with E-state index in [2.05, 4.69) is 23.4 Å². The molecule has 1 aliphatic heterocycles. The fourth-order valence-electron chi connectivity index (χ4n) is 2.41. The number of thioether (sulfide) groups is 1. The Morgan fingerprint density at radius 2 is 2.06 bits per heavy atom. The second kappa shape index (κ2) is 9.32. The van der Waals surface area contributed by atoms with Crippen molar-refractivity contribution in [3.05, 3.63) is 0 Å². The topological polar surface area (TPSA) is 15.3 Å². The SMILES string of the molecule is CCC1CNCCN1CCCCCCSC. The van der Waals surface area contributed by atoms with Gasteiger partial charge in [-0.05, 0) is 37.8 Å². The first-order valence-electron chi connectivity index (χ1n) is 6.82. The summed E-state index contributed by atoms with van der Waals surface area (Å²) in [6.07, 6.45) is 9.13. The van der Waals surface area contributed by atoms with E-state index in [1.165, 1.54) is 64.0 Å².